The van der Waals surface area contributed by atoms with Gasteiger partial charge in [-0.25, -0.2) is 9.97 Å². The Kier molecular flexibility index (Phi) is 5.53. The van der Waals surface area contributed by atoms with Crippen molar-refractivity contribution < 1.29 is 9.53 Å². The third-order valence-corrected chi connectivity index (χ3v) is 5.04. The zero-order valence-corrected chi connectivity index (χ0v) is 14.5. The lowest BCUT2D eigenvalue weighted by atomic mass is 10.1. The van der Waals surface area contributed by atoms with Crippen molar-refractivity contribution in [3.63, 3.8) is 0 Å². The Morgan fingerprint density at radius 2 is 2.25 bits per heavy atom. The summed E-state index contributed by atoms with van der Waals surface area (Å²) in [4.78, 5) is 23.1. The normalized spacial score (nSPS) is 21.5. The third kappa shape index (κ3) is 3.79. The summed E-state index contributed by atoms with van der Waals surface area (Å²) in [5, 5.41) is 13.1. The second-order valence-electron chi connectivity index (χ2n) is 6.03. The van der Waals surface area contributed by atoms with E-state index in [2.05, 4.69) is 21.4 Å². The van der Waals surface area contributed by atoms with Gasteiger partial charge in [0.25, 0.3) is 0 Å². The van der Waals surface area contributed by atoms with Crippen molar-refractivity contribution in [3.05, 3.63) is 11.8 Å². The number of hydrogen-bond acceptors (Lipinski definition) is 7. The lowest BCUT2D eigenvalue weighted by molar-refractivity contribution is -0.125. The number of thioether (sulfide) groups is 1. The predicted molar refractivity (Wildman–Crippen MR) is 90.8 cm³/mol. The number of rotatable bonds is 4. The second kappa shape index (κ2) is 7.81. The summed E-state index contributed by atoms with van der Waals surface area (Å²) < 4.78 is 5.32. The molecule has 2 aliphatic heterocycles. The van der Waals surface area contributed by atoms with Gasteiger partial charge in [-0.3, -0.25) is 4.79 Å². The Morgan fingerprint density at radius 1 is 1.46 bits per heavy atom. The maximum Gasteiger partial charge on any atom is 0.225 e. The number of ether oxygens (including phenoxy) is 1. The van der Waals surface area contributed by atoms with Gasteiger partial charge in [0.2, 0.25) is 5.91 Å². The quantitative estimate of drug-likeness (QED) is 0.646. The van der Waals surface area contributed by atoms with E-state index < -0.39 is 0 Å². The van der Waals surface area contributed by atoms with Crippen molar-refractivity contribution in [2.24, 2.45) is 5.92 Å². The van der Waals surface area contributed by atoms with E-state index in [9.17, 15) is 10.1 Å². The summed E-state index contributed by atoms with van der Waals surface area (Å²) in [7, 11) is 0. The van der Waals surface area contributed by atoms with Gasteiger partial charge in [-0.15, -0.1) is 0 Å². The number of nitrogens with one attached hydrogen (secondary N) is 1. The van der Waals surface area contributed by atoms with Gasteiger partial charge in [0.15, 0.2) is 11.0 Å². The van der Waals surface area contributed by atoms with Crippen LogP contribution in [-0.2, 0) is 9.53 Å². The fourth-order valence-corrected chi connectivity index (χ4v) is 3.44. The standard InChI is InChI=1S/C16H21N5O2S/c1-24-16-18-9-12(8-17)14(20-16)21-5-2-11(10-21)15(22)19-13-3-6-23-7-4-13/h9,11,13H,2-7,10H2,1H3,(H,19,22). The van der Waals surface area contributed by atoms with Crippen LogP contribution < -0.4 is 10.2 Å². The molecule has 2 aliphatic rings. The number of amides is 1. The molecule has 8 heteroatoms. The van der Waals surface area contributed by atoms with Gasteiger partial charge in [0.05, 0.1) is 12.1 Å². The summed E-state index contributed by atoms with van der Waals surface area (Å²) in [6.07, 6.45) is 5.99. The molecule has 1 unspecified atom stereocenters. The largest absolute Gasteiger partial charge is 0.381 e. The summed E-state index contributed by atoms with van der Waals surface area (Å²) in [5.41, 5.74) is 0.457. The second-order valence-corrected chi connectivity index (χ2v) is 6.81. The van der Waals surface area contributed by atoms with E-state index in [1.54, 1.807) is 6.20 Å². The molecule has 0 aromatic carbocycles. The molecule has 1 amide bonds. The predicted octanol–water partition coefficient (Wildman–Crippen LogP) is 1.19. The molecule has 0 bridgehead atoms. The SMILES string of the molecule is CSc1ncc(C#N)c(N2CCC(C(=O)NC3CCOCC3)C2)n1. The minimum absolute atomic E-state index is 0.0629. The zero-order valence-electron chi connectivity index (χ0n) is 13.7. The van der Waals surface area contributed by atoms with Crippen LogP contribution in [0.15, 0.2) is 11.4 Å². The highest BCUT2D eigenvalue weighted by atomic mass is 32.2. The lowest BCUT2D eigenvalue weighted by Crippen LogP contribution is -2.42. The topological polar surface area (TPSA) is 91.1 Å². The van der Waals surface area contributed by atoms with Crippen LogP contribution in [0, 0.1) is 17.2 Å². The Labute approximate surface area is 145 Å². The van der Waals surface area contributed by atoms with E-state index in [4.69, 9.17) is 4.74 Å². The highest BCUT2D eigenvalue weighted by Crippen LogP contribution is 2.26. The van der Waals surface area contributed by atoms with Crippen molar-refractivity contribution in [2.75, 3.05) is 37.5 Å². The van der Waals surface area contributed by atoms with E-state index in [0.29, 0.717) is 36.3 Å². The number of aromatic nitrogens is 2. The number of carbonyl (C=O) groups is 1. The maximum absolute atomic E-state index is 12.5. The molecular formula is C16H21N5O2S. The van der Waals surface area contributed by atoms with Crippen molar-refractivity contribution >= 4 is 23.5 Å². The average Bonchev–Trinajstić information content (AvgIpc) is 3.12. The summed E-state index contributed by atoms with van der Waals surface area (Å²) in [6.45, 7) is 2.75. The minimum atomic E-state index is -0.0629. The molecule has 3 rings (SSSR count). The molecule has 1 aromatic rings. The first kappa shape index (κ1) is 17.0. The number of anilines is 1. The highest BCUT2D eigenvalue weighted by molar-refractivity contribution is 7.98. The molecule has 0 radical (unpaired) electrons. The maximum atomic E-state index is 12.5. The van der Waals surface area contributed by atoms with Gasteiger partial charge >= 0.3 is 0 Å². The van der Waals surface area contributed by atoms with Gasteiger partial charge in [-0.05, 0) is 25.5 Å². The van der Waals surface area contributed by atoms with E-state index in [1.807, 2.05) is 11.2 Å². The van der Waals surface area contributed by atoms with Crippen LogP contribution in [0.3, 0.4) is 0 Å². The molecule has 2 fully saturated rings. The van der Waals surface area contributed by atoms with Gasteiger partial charge < -0.3 is 15.0 Å². The number of nitriles is 1. The monoisotopic (exact) mass is 347 g/mol. The summed E-state index contributed by atoms with van der Waals surface area (Å²) in [5.74, 6) is 0.673. The first-order chi connectivity index (χ1) is 11.7. The van der Waals surface area contributed by atoms with Crippen LogP contribution in [0.5, 0.6) is 0 Å². The Balaban J connectivity index is 1.64. The van der Waals surface area contributed by atoms with Crippen LogP contribution in [-0.4, -0.2) is 54.5 Å². The Hall–Kier alpha value is -1.85. The van der Waals surface area contributed by atoms with Crippen LogP contribution >= 0.6 is 11.8 Å². The molecule has 7 nitrogen and oxygen atoms in total. The van der Waals surface area contributed by atoms with E-state index in [1.165, 1.54) is 11.8 Å². The molecule has 3 heterocycles. The fraction of sp³-hybridized carbons (Fsp3) is 0.625. The average molecular weight is 347 g/mol. The van der Waals surface area contributed by atoms with Crippen LogP contribution in [0.1, 0.15) is 24.8 Å². The molecule has 1 atom stereocenters. The van der Waals surface area contributed by atoms with Gasteiger partial charge in [0, 0.05) is 32.3 Å². The molecular weight excluding hydrogens is 326 g/mol. The van der Waals surface area contributed by atoms with Gasteiger partial charge in [-0.1, -0.05) is 11.8 Å². The van der Waals surface area contributed by atoms with Crippen molar-refractivity contribution in [1.29, 1.82) is 5.26 Å². The smallest absolute Gasteiger partial charge is 0.225 e. The summed E-state index contributed by atoms with van der Waals surface area (Å²) in [6, 6.07) is 2.36. The van der Waals surface area contributed by atoms with Crippen LogP contribution in [0.2, 0.25) is 0 Å². The first-order valence-corrected chi connectivity index (χ1v) is 9.38. The molecule has 1 N–H and O–H groups in total. The van der Waals surface area contributed by atoms with Crippen molar-refractivity contribution in [2.45, 2.75) is 30.5 Å². The van der Waals surface area contributed by atoms with E-state index in [0.717, 1.165) is 25.8 Å². The number of hydrogen-bond donors (Lipinski definition) is 1. The lowest BCUT2D eigenvalue weighted by Gasteiger charge is -2.24. The highest BCUT2D eigenvalue weighted by Gasteiger charge is 2.31. The van der Waals surface area contributed by atoms with Gasteiger partial charge in [-0.2, -0.15) is 5.26 Å². The molecule has 0 spiro atoms. The molecule has 2 saturated heterocycles. The number of nitrogens with zero attached hydrogens (tertiary/aromatic N) is 4. The Bertz CT molecular complexity index is 642. The molecule has 128 valence electrons. The van der Waals surface area contributed by atoms with E-state index >= 15 is 0 Å². The Morgan fingerprint density at radius 3 is 2.96 bits per heavy atom. The van der Waals surface area contributed by atoms with E-state index in [-0.39, 0.29) is 17.9 Å². The molecule has 1 aromatic heterocycles. The van der Waals surface area contributed by atoms with Crippen molar-refractivity contribution in [1.82, 2.24) is 15.3 Å². The minimum Gasteiger partial charge on any atom is -0.381 e. The zero-order chi connectivity index (χ0) is 16.9. The van der Waals surface area contributed by atoms with Crippen LogP contribution in [0.25, 0.3) is 0 Å². The molecule has 24 heavy (non-hydrogen) atoms. The van der Waals surface area contributed by atoms with Crippen LogP contribution in [0.4, 0.5) is 5.82 Å². The third-order valence-electron chi connectivity index (χ3n) is 4.48. The number of carbonyl (C=O) groups excluding carboxylic acids is 1. The van der Waals surface area contributed by atoms with Crippen molar-refractivity contribution in [3.8, 4) is 6.07 Å². The summed E-state index contributed by atoms with van der Waals surface area (Å²) >= 11 is 1.44. The molecule has 0 aliphatic carbocycles. The first-order valence-electron chi connectivity index (χ1n) is 8.15. The van der Waals surface area contributed by atoms with Gasteiger partial charge in [0.1, 0.15) is 11.6 Å². The molecule has 0 saturated carbocycles. The fourth-order valence-electron chi connectivity index (χ4n) is 3.10.